The number of aromatic carboxylic acids is 1. The maximum Gasteiger partial charge on any atom is 0.335 e. The van der Waals surface area contributed by atoms with Crippen molar-refractivity contribution in [1.82, 2.24) is 10.2 Å². The number of rotatable bonds is 4. The van der Waals surface area contributed by atoms with Gasteiger partial charge in [0.25, 0.3) is 11.6 Å². The van der Waals surface area contributed by atoms with Crippen molar-refractivity contribution in [3.63, 3.8) is 0 Å². The van der Waals surface area contributed by atoms with Gasteiger partial charge in [-0.1, -0.05) is 0 Å². The standard InChI is InChI=1S/C15H17N3O6/c1-9(19)17-4-2-12(3-5-17)16-14(20)10-6-11(15(21)22)8-13(7-10)18(23)24/h6-8,12H,2-5H2,1H3,(H,16,20)(H,21,22). The number of non-ortho nitro benzene ring substituents is 1. The molecule has 0 aliphatic carbocycles. The number of hydrogen-bond acceptors (Lipinski definition) is 5. The summed E-state index contributed by atoms with van der Waals surface area (Å²) in [6.45, 7) is 2.53. The Morgan fingerprint density at radius 1 is 1.21 bits per heavy atom. The molecule has 0 aromatic heterocycles. The molecule has 1 fully saturated rings. The van der Waals surface area contributed by atoms with Crippen LogP contribution in [0.4, 0.5) is 5.69 Å². The number of nitro groups is 1. The molecule has 2 amide bonds. The molecule has 1 heterocycles. The number of hydrogen-bond donors (Lipinski definition) is 2. The molecule has 0 bridgehead atoms. The minimum atomic E-state index is -1.34. The summed E-state index contributed by atoms with van der Waals surface area (Å²) in [5, 5.41) is 22.6. The SMILES string of the molecule is CC(=O)N1CCC(NC(=O)c2cc(C(=O)O)cc([N+](=O)[O-])c2)CC1. The van der Waals surface area contributed by atoms with E-state index in [-0.39, 0.29) is 23.1 Å². The van der Waals surface area contributed by atoms with Gasteiger partial charge in [0.15, 0.2) is 0 Å². The lowest BCUT2D eigenvalue weighted by atomic mass is 10.0. The zero-order valence-corrected chi connectivity index (χ0v) is 13.0. The number of amides is 2. The van der Waals surface area contributed by atoms with Crippen molar-refractivity contribution in [3.8, 4) is 0 Å². The van der Waals surface area contributed by atoms with Crippen LogP contribution in [-0.4, -0.2) is 51.8 Å². The summed E-state index contributed by atoms with van der Waals surface area (Å²) in [5.41, 5.74) is -0.845. The van der Waals surface area contributed by atoms with Crippen LogP contribution >= 0.6 is 0 Å². The van der Waals surface area contributed by atoms with E-state index in [1.54, 1.807) is 4.90 Å². The monoisotopic (exact) mass is 335 g/mol. The van der Waals surface area contributed by atoms with Crippen molar-refractivity contribution >= 4 is 23.5 Å². The van der Waals surface area contributed by atoms with Gasteiger partial charge in [-0.2, -0.15) is 0 Å². The second-order valence-electron chi connectivity index (χ2n) is 5.58. The molecule has 1 saturated heterocycles. The molecule has 0 atom stereocenters. The van der Waals surface area contributed by atoms with Gasteiger partial charge in [-0.3, -0.25) is 19.7 Å². The minimum Gasteiger partial charge on any atom is -0.478 e. The van der Waals surface area contributed by atoms with Gasteiger partial charge < -0.3 is 15.3 Å². The van der Waals surface area contributed by atoms with Gasteiger partial charge in [-0.25, -0.2) is 4.79 Å². The van der Waals surface area contributed by atoms with Crippen LogP contribution < -0.4 is 5.32 Å². The summed E-state index contributed by atoms with van der Waals surface area (Å²) < 4.78 is 0. The number of benzene rings is 1. The number of carboxylic acids is 1. The van der Waals surface area contributed by atoms with Crippen LogP contribution in [0.1, 0.15) is 40.5 Å². The Balaban J connectivity index is 2.11. The highest BCUT2D eigenvalue weighted by molar-refractivity contribution is 5.98. The molecule has 1 aliphatic heterocycles. The largest absolute Gasteiger partial charge is 0.478 e. The molecular formula is C15H17N3O6. The first-order valence-corrected chi connectivity index (χ1v) is 7.37. The molecule has 2 N–H and O–H groups in total. The Bertz CT molecular complexity index is 662. The smallest absolute Gasteiger partial charge is 0.335 e. The molecule has 0 spiro atoms. The maximum absolute atomic E-state index is 12.3. The number of piperidine rings is 1. The van der Waals surface area contributed by atoms with Crippen molar-refractivity contribution in [3.05, 3.63) is 39.4 Å². The highest BCUT2D eigenvalue weighted by Gasteiger charge is 2.24. The summed E-state index contributed by atoms with van der Waals surface area (Å²) in [4.78, 5) is 46.4. The fraction of sp³-hybridized carbons (Fsp3) is 0.400. The van der Waals surface area contributed by atoms with E-state index in [0.717, 1.165) is 18.2 Å². The van der Waals surface area contributed by atoms with Crippen LogP contribution in [0.25, 0.3) is 0 Å². The van der Waals surface area contributed by atoms with Crippen molar-refractivity contribution in [2.45, 2.75) is 25.8 Å². The molecule has 24 heavy (non-hydrogen) atoms. The zero-order valence-electron chi connectivity index (χ0n) is 13.0. The lowest BCUT2D eigenvalue weighted by Gasteiger charge is -2.31. The number of nitrogens with zero attached hydrogens (tertiary/aromatic N) is 2. The fourth-order valence-corrected chi connectivity index (χ4v) is 2.58. The Kier molecular flexibility index (Phi) is 5.12. The van der Waals surface area contributed by atoms with Gasteiger partial charge in [0, 0.05) is 43.8 Å². The molecule has 0 unspecified atom stereocenters. The third-order valence-electron chi connectivity index (χ3n) is 3.91. The van der Waals surface area contributed by atoms with E-state index in [1.165, 1.54) is 6.92 Å². The van der Waals surface area contributed by atoms with E-state index >= 15 is 0 Å². The highest BCUT2D eigenvalue weighted by Crippen LogP contribution is 2.18. The second kappa shape index (κ2) is 7.07. The Labute approximate surface area is 137 Å². The molecule has 2 rings (SSSR count). The Morgan fingerprint density at radius 2 is 1.79 bits per heavy atom. The number of carboxylic acid groups (broad SMARTS) is 1. The molecule has 0 saturated carbocycles. The average Bonchev–Trinajstić information content (AvgIpc) is 2.54. The van der Waals surface area contributed by atoms with Crippen LogP contribution in [-0.2, 0) is 4.79 Å². The number of nitrogens with one attached hydrogen (secondary N) is 1. The number of likely N-dealkylation sites (tertiary alicyclic amines) is 1. The van der Waals surface area contributed by atoms with Gasteiger partial charge in [-0.15, -0.1) is 0 Å². The first-order chi connectivity index (χ1) is 11.3. The number of carbonyl (C=O) groups is 3. The van der Waals surface area contributed by atoms with Crippen molar-refractivity contribution in [2.24, 2.45) is 0 Å². The van der Waals surface area contributed by atoms with Crippen LogP contribution in [0.2, 0.25) is 0 Å². The van der Waals surface area contributed by atoms with Gasteiger partial charge in [0.1, 0.15) is 0 Å². The first-order valence-electron chi connectivity index (χ1n) is 7.37. The highest BCUT2D eigenvalue weighted by atomic mass is 16.6. The molecule has 0 radical (unpaired) electrons. The topological polar surface area (TPSA) is 130 Å². The Morgan fingerprint density at radius 3 is 2.29 bits per heavy atom. The molecule has 128 valence electrons. The van der Waals surface area contributed by atoms with E-state index in [4.69, 9.17) is 5.11 Å². The normalized spacial score (nSPS) is 15.0. The van der Waals surface area contributed by atoms with E-state index < -0.39 is 22.5 Å². The molecule has 1 aliphatic rings. The van der Waals surface area contributed by atoms with Crippen LogP contribution in [0.5, 0.6) is 0 Å². The fourth-order valence-electron chi connectivity index (χ4n) is 2.58. The predicted octanol–water partition coefficient (Wildman–Crippen LogP) is 1.03. The lowest BCUT2D eigenvalue weighted by Crippen LogP contribution is -2.46. The summed E-state index contributed by atoms with van der Waals surface area (Å²) in [7, 11) is 0. The zero-order chi connectivity index (χ0) is 17.9. The first kappa shape index (κ1) is 17.4. The van der Waals surface area contributed by atoms with E-state index in [0.29, 0.717) is 25.9 Å². The Hall–Kier alpha value is -2.97. The van der Waals surface area contributed by atoms with E-state index in [1.807, 2.05) is 0 Å². The lowest BCUT2D eigenvalue weighted by molar-refractivity contribution is -0.384. The van der Waals surface area contributed by atoms with Crippen molar-refractivity contribution in [1.29, 1.82) is 0 Å². The quantitative estimate of drug-likeness (QED) is 0.624. The molecular weight excluding hydrogens is 318 g/mol. The molecule has 9 heteroatoms. The van der Waals surface area contributed by atoms with Crippen molar-refractivity contribution < 1.29 is 24.4 Å². The third kappa shape index (κ3) is 4.06. The molecule has 9 nitrogen and oxygen atoms in total. The predicted molar refractivity (Wildman–Crippen MR) is 82.8 cm³/mol. The number of nitro benzene ring substituents is 1. The minimum absolute atomic E-state index is 0.0236. The second-order valence-corrected chi connectivity index (χ2v) is 5.58. The van der Waals surface area contributed by atoms with E-state index in [2.05, 4.69) is 5.32 Å². The number of carbonyl (C=O) groups excluding carboxylic acids is 2. The molecule has 1 aromatic carbocycles. The maximum atomic E-state index is 12.3. The van der Waals surface area contributed by atoms with Gasteiger partial charge in [0.2, 0.25) is 5.91 Å². The summed E-state index contributed by atoms with van der Waals surface area (Å²) >= 11 is 0. The van der Waals surface area contributed by atoms with Gasteiger partial charge in [-0.05, 0) is 18.9 Å². The summed E-state index contributed by atoms with van der Waals surface area (Å²) in [6.07, 6.45) is 1.15. The van der Waals surface area contributed by atoms with Crippen LogP contribution in [0, 0.1) is 10.1 Å². The third-order valence-corrected chi connectivity index (χ3v) is 3.91. The van der Waals surface area contributed by atoms with Crippen molar-refractivity contribution in [2.75, 3.05) is 13.1 Å². The van der Waals surface area contributed by atoms with Crippen LogP contribution in [0.3, 0.4) is 0 Å². The van der Waals surface area contributed by atoms with Gasteiger partial charge >= 0.3 is 5.97 Å². The van der Waals surface area contributed by atoms with Gasteiger partial charge in [0.05, 0.1) is 10.5 Å². The van der Waals surface area contributed by atoms with E-state index in [9.17, 15) is 24.5 Å². The molecule has 1 aromatic rings. The average molecular weight is 335 g/mol. The van der Waals surface area contributed by atoms with Crippen LogP contribution in [0.15, 0.2) is 18.2 Å². The summed E-state index contributed by atoms with van der Waals surface area (Å²) in [6, 6.07) is 2.90. The summed E-state index contributed by atoms with van der Waals surface area (Å²) in [5.74, 6) is -1.94.